The highest BCUT2D eigenvalue weighted by Gasteiger charge is 2.37. The Morgan fingerprint density at radius 2 is 1.58 bits per heavy atom. The Hall–Kier alpha value is -4.91. The lowest BCUT2D eigenvalue weighted by Gasteiger charge is -2.27. The minimum Gasteiger partial charge on any atom is -0.490 e. The fraction of sp³-hybridized carbons (Fsp3) is 0.129. The van der Waals surface area contributed by atoms with Crippen LogP contribution in [0, 0.1) is 6.92 Å². The third kappa shape index (κ3) is 4.99. The third-order valence-corrected chi connectivity index (χ3v) is 6.24. The maximum Gasteiger partial charge on any atom is 0.335 e. The van der Waals surface area contributed by atoms with E-state index in [9.17, 15) is 14.4 Å². The van der Waals surface area contributed by atoms with Crippen molar-refractivity contribution in [2.45, 2.75) is 20.5 Å². The van der Waals surface area contributed by atoms with Gasteiger partial charge in [-0.05, 0) is 71.7 Å². The zero-order chi connectivity index (χ0) is 26.6. The number of para-hydroxylation sites is 1. The van der Waals surface area contributed by atoms with Crippen LogP contribution in [0.15, 0.2) is 90.5 Å². The number of carbonyl (C=O) groups is 3. The van der Waals surface area contributed by atoms with Gasteiger partial charge in [-0.25, -0.2) is 9.69 Å². The molecule has 4 aromatic carbocycles. The van der Waals surface area contributed by atoms with Gasteiger partial charge in [0, 0.05) is 0 Å². The van der Waals surface area contributed by atoms with Crippen LogP contribution in [0.25, 0.3) is 16.8 Å². The number of nitrogens with zero attached hydrogens (tertiary/aromatic N) is 1. The Kier molecular flexibility index (Phi) is 6.91. The first-order chi connectivity index (χ1) is 18.4. The van der Waals surface area contributed by atoms with E-state index in [1.165, 1.54) is 6.08 Å². The Balaban J connectivity index is 1.41. The van der Waals surface area contributed by atoms with E-state index in [1.807, 2.05) is 31.2 Å². The second-order valence-corrected chi connectivity index (χ2v) is 8.85. The fourth-order valence-electron chi connectivity index (χ4n) is 4.35. The molecule has 1 aliphatic heterocycles. The van der Waals surface area contributed by atoms with E-state index in [4.69, 9.17) is 9.47 Å². The van der Waals surface area contributed by atoms with Gasteiger partial charge in [0.15, 0.2) is 11.5 Å². The molecule has 1 N–H and O–H groups in total. The van der Waals surface area contributed by atoms with Gasteiger partial charge < -0.3 is 9.47 Å². The Morgan fingerprint density at radius 1 is 0.816 bits per heavy atom. The van der Waals surface area contributed by atoms with E-state index < -0.39 is 17.8 Å². The molecular weight excluding hydrogens is 480 g/mol. The molecule has 0 radical (unpaired) electrons. The van der Waals surface area contributed by atoms with Crippen molar-refractivity contribution < 1.29 is 23.9 Å². The highest BCUT2D eigenvalue weighted by atomic mass is 16.5. The maximum absolute atomic E-state index is 13.3. The largest absolute Gasteiger partial charge is 0.490 e. The molecule has 38 heavy (non-hydrogen) atoms. The van der Waals surface area contributed by atoms with Crippen molar-refractivity contribution in [1.29, 1.82) is 0 Å². The second-order valence-electron chi connectivity index (χ2n) is 8.85. The highest BCUT2D eigenvalue weighted by molar-refractivity contribution is 6.39. The molecule has 0 unspecified atom stereocenters. The zero-order valence-corrected chi connectivity index (χ0v) is 21.1. The fourth-order valence-corrected chi connectivity index (χ4v) is 4.35. The number of rotatable bonds is 7. The number of benzene rings is 4. The maximum atomic E-state index is 13.3. The normalized spacial score (nSPS) is 14.6. The number of carbonyl (C=O) groups excluding carboxylic acids is 3. The summed E-state index contributed by atoms with van der Waals surface area (Å²) in [5, 5.41) is 4.55. The van der Waals surface area contributed by atoms with Gasteiger partial charge in [0.05, 0.1) is 12.3 Å². The van der Waals surface area contributed by atoms with Crippen molar-refractivity contribution >= 4 is 40.4 Å². The Bertz CT molecular complexity index is 1590. The number of hydrogen-bond acceptors (Lipinski definition) is 5. The molecule has 7 heteroatoms. The quantitative estimate of drug-likeness (QED) is 0.253. The number of fused-ring (bicyclic) bond motifs is 1. The van der Waals surface area contributed by atoms with Crippen molar-refractivity contribution in [2.75, 3.05) is 11.5 Å². The van der Waals surface area contributed by atoms with Gasteiger partial charge in [-0.2, -0.15) is 0 Å². The highest BCUT2D eigenvalue weighted by Crippen LogP contribution is 2.31. The summed E-state index contributed by atoms with van der Waals surface area (Å²) in [4.78, 5) is 39.4. The molecule has 5 rings (SSSR count). The summed E-state index contributed by atoms with van der Waals surface area (Å²) in [6.45, 7) is 4.41. The molecule has 0 bridgehead atoms. The van der Waals surface area contributed by atoms with Crippen molar-refractivity contribution in [3.63, 3.8) is 0 Å². The summed E-state index contributed by atoms with van der Waals surface area (Å²) < 4.78 is 11.9. The monoisotopic (exact) mass is 506 g/mol. The van der Waals surface area contributed by atoms with Crippen molar-refractivity contribution in [3.8, 4) is 11.5 Å². The van der Waals surface area contributed by atoms with Crippen LogP contribution < -0.4 is 19.7 Å². The number of hydrogen-bond donors (Lipinski definition) is 1. The van der Waals surface area contributed by atoms with Crippen LogP contribution in [0.2, 0.25) is 0 Å². The van der Waals surface area contributed by atoms with Gasteiger partial charge in [0.2, 0.25) is 0 Å². The molecule has 1 aliphatic rings. The standard InChI is InChI=1S/C31H26N2O5/c1-3-37-28-18-21(13-15-27(28)38-19-22-12-14-23-9-5-6-10-24(23)16-22)17-25-29(34)32-31(36)33(30(25)35)26-11-7-4-8-20(26)2/h4-18H,3,19H2,1-2H3,(H,32,34,36)/b25-17+. The lowest BCUT2D eigenvalue weighted by atomic mass is 10.1. The predicted molar refractivity (Wildman–Crippen MR) is 146 cm³/mol. The first kappa shape index (κ1) is 24.8. The number of barbiturate groups is 1. The average Bonchev–Trinajstić information content (AvgIpc) is 2.91. The van der Waals surface area contributed by atoms with Gasteiger partial charge in [-0.1, -0.05) is 60.7 Å². The van der Waals surface area contributed by atoms with E-state index in [1.54, 1.807) is 43.3 Å². The molecule has 190 valence electrons. The minimum atomic E-state index is -0.779. The number of amides is 4. The summed E-state index contributed by atoms with van der Waals surface area (Å²) in [6, 6.07) is 25.7. The van der Waals surface area contributed by atoms with Crippen LogP contribution >= 0.6 is 0 Å². The summed E-state index contributed by atoms with van der Waals surface area (Å²) >= 11 is 0. The molecule has 0 atom stereocenters. The summed E-state index contributed by atoms with van der Waals surface area (Å²) in [6.07, 6.45) is 1.45. The summed E-state index contributed by atoms with van der Waals surface area (Å²) in [7, 11) is 0. The zero-order valence-electron chi connectivity index (χ0n) is 21.1. The van der Waals surface area contributed by atoms with Crippen LogP contribution in [0.5, 0.6) is 11.5 Å². The number of urea groups is 1. The van der Waals surface area contributed by atoms with Crippen LogP contribution in [0.4, 0.5) is 10.5 Å². The molecule has 1 heterocycles. The number of nitrogens with one attached hydrogen (secondary N) is 1. The van der Waals surface area contributed by atoms with Gasteiger partial charge >= 0.3 is 6.03 Å². The first-order valence-electron chi connectivity index (χ1n) is 12.3. The smallest absolute Gasteiger partial charge is 0.335 e. The van der Waals surface area contributed by atoms with Crippen molar-refractivity contribution in [1.82, 2.24) is 5.32 Å². The van der Waals surface area contributed by atoms with E-state index in [-0.39, 0.29) is 5.57 Å². The lowest BCUT2D eigenvalue weighted by molar-refractivity contribution is -0.122. The van der Waals surface area contributed by atoms with E-state index in [0.29, 0.717) is 36.0 Å². The van der Waals surface area contributed by atoms with E-state index >= 15 is 0 Å². The van der Waals surface area contributed by atoms with Crippen molar-refractivity contribution in [2.24, 2.45) is 0 Å². The average molecular weight is 507 g/mol. The number of anilines is 1. The number of ether oxygens (including phenoxy) is 2. The SMILES string of the molecule is CCOc1cc(/C=C2\C(=O)NC(=O)N(c3ccccc3C)C2=O)ccc1OCc1ccc2ccccc2c1. The number of aryl methyl sites for hydroxylation is 1. The Labute approximate surface area is 220 Å². The molecule has 7 nitrogen and oxygen atoms in total. The van der Waals surface area contributed by atoms with Gasteiger partial charge in [0.1, 0.15) is 12.2 Å². The van der Waals surface area contributed by atoms with Crippen LogP contribution in [-0.2, 0) is 16.2 Å². The summed E-state index contributed by atoms with van der Waals surface area (Å²) in [5.41, 5.74) is 2.57. The van der Waals surface area contributed by atoms with Crippen molar-refractivity contribution in [3.05, 3.63) is 107 Å². The molecule has 0 saturated carbocycles. The topological polar surface area (TPSA) is 84.9 Å². The second kappa shape index (κ2) is 10.6. The molecule has 0 aliphatic carbocycles. The van der Waals surface area contributed by atoms with Crippen LogP contribution in [0.1, 0.15) is 23.6 Å². The van der Waals surface area contributed by atoms with E-state index in [0.717, 1.165) is 26.8 Å². The van der Waals surface area contributed by atoms with Gasteiger partial charge in [-0.15, -0.1) is 0 Å². The number of imide groups is 2. The van der Waals surface area contributed by atoms with Crippen LogP contribution in [0.3, 0.4) is 0 Å². The molecule has 0 spiro atoms. The summed E-state index contributed by atoms with van der Waals surface area (Å²) in [5.74, 6) is -0.418. The lowest BCUT2D eigenvalue weighted by Crippen LogP contribution is -2.54. The van der Waals surface area contributed by atoms with Gasteiger partial charge in [0.25, 0.3) is 11.8 Å². The van der Waals surface area contributed by atoms with Crippen LogP contribution in [-0.4, -0.2) is 24.5 Å². The van der Waals surface area contributed by atoms with E-state index in [2.05, 4.69) is 29.6 Å². The third-order valence-electron chi connectivity index (χ3n) is 6.24. The minimum absolute atomic E-state index is 0.153. The predicted octanol–water partition coefficient (Wildman–Crippen LogP) is 5.79. The molecular formula is C31H26N2O5. The molecule has 0 aromatic heterocycles. The van der Waals surface area contributed by atoms with Gasteiger partial charge in [-0.3, -0.25) is 14.9 Å². The Morgan fingerprint density at radius 3 is 2.37 bits per heavy atom. The molecule has 1 saturated heterocycles. The molecule has 4 amide bonds. The first-order valence-corrected chi connectivity index (χ1v) is 12.3. The molecule has 1 fully saturated rings. The molecule has 4 aromatic rings.